The molecule has 0 aliphatic heterocycles. The van der Waals surface area contributed by atoms with Crippen molar-refractivity contribution in [2.24, 2.45) is 11.8 Å². The van der Waals surface area contributed by atoms with Gasteiger partial charge in [0.1, 0.15) is 12.0 Å². The Kier molecular flexibility index (Phi) is 6.85. The average Bonchev–Trinajstić information content (AvgIpc) is 3.00. The maximum absolute atomic E-state index is 6.37. The van der Waals surface area contributed by atoms with Crippen LogP contribution < -0.4 is 16.0 Å². The van der Waals surface area contributed by atoms with Crippen molar-refractivity contribution < 1.29 is 0 Å². The summed E-state index contributed by atoms with van der Waals surface area (Å²) in [7, 11) is 0. The molecule has 0 radical (unpaired) electrons. The number of anilines is 3. The van der Waals surface area contributed by atoms with Gasteiger partial charge < -0.3 is 16.0 Å². The lowest BCUT2D eigenvalue weighted by atomic mass is 10.1. The molecule has 0 saturated carbocycles. The van der Waals surface area contributed by atoms with Gasteiger partial charge in [0.15, 0.2) is 11.6 Å². The molecule has 24 heavy (non-hydrogen) atoms. The van der Waals surface area contributed by atoms with Crippen LogP contribution >= 0.6 is 11.3 Å². The summed E-state index contributed by atoms with van der Waals surface area (Å²) in [6, 6.07) is 4.22. The van der Waals surface area contributed by atoms with Crippen LogP contribution in [0.25, 0.3) is 0 Å². The van der Waals surface area contributed by atoms with E-state index in [2.05, 4.69) is 65.4 Å². The van der Waals surface area contributed by atoms with Gasteiger partial charge in [-0.2, -0.15) is 0 Å². The van der Waals surface area contributed by atoms with Gasteiger partial charge in [-0.05, 0) is 29.7 Å². The third kappa shape index (κ3) is 5.37. The largest absolute Gasteiger partial charge is 0.393 e. The van der Waals surface area contributed by atoms with Gasteiger partial charge in [0.25, 0.3) is 0 Å². The smallest absolute Gasteiger partial charge is 0.157 e. The molecule has 6 heteroatoms. The van der Waals surface area contributed by atoms with Gasteiger partial charge in [0.2, 0.25) is 0 Å². The zero-order valence-corrected chi connectivity index (χ0v) is 15.9. The van der Waals surface area contributed by atoms with E-state index in [4.69, 9.17) is 5.73 Å². The normalized spacial score (nSPS) is 11.2. The van der Waals surface area contributed by atoms with Crippen LogP contribution in [0.2, 0.25) is 0 Å². The van der Waals surface area contributed by atoms with Crippen molar-refractivity contribution in [2.45, 2.75) is 34.1 Å². The van der Waals surface area contributed by atoms with Crippen molar-refractivity contribution in [3.63, 3.8) is 0 Å². The van der Waals surface area contributed by atoms with Crippen LogP contribution in [0.1, 0.15) is 32.6 Å². The molecule has 0 amide bonds. The van der Waals surface area contributed by atoms with E-state index in [1.54, 1.807) is 17.7 Å². The Balaban J connectivity index is 2.09. The maximum Gasteiger partial charge on any atom is 0.157 e. The lowest BCUT2D eigenvalue weighted by Gasteiger charge is -2.28. The number of thiophene rings is 1. The second kappa shape index (κ2) is 8.87. The van der Waals surface area contributed by atoms with E-state index in [-0.39, 0.29) is 0 Å². The van der Waals surface area contributed by atoms with Crippen LogP contribution in [-0.4, -0.2) is 29.6 Å². The van der Waals surface area contributed by atoms with Gasteiger partial charge in [0.05, 0.1) is 0 Å². The topological polar surface area (TPSA) is 67.1 Å². The van der Waals surface area contributed by atoms with E-state index < -0.39 is 0 Å². The van der Waals surface area contributed by atoms with E-state index >= 15 is 0 Å². The van der Waals surface area contributed by atoms with Crippen LogP contribution in [0.4, 0.5) is 17.3 Å². The number of nitrogens with zero attached hydrogens (tertiary/aromatic N) is 3. The van der Waals surface area contributed by atoms with Crippen molar-refractivity contribution in [2.75, 3.05) is 35.6 Å². The summed E-state index contributed by atoms with van der Waals surface area (Å²) in [5, 5.41) is 5.46. The first-order valence-electron chi connectivity index (χ1n) is 8.59. The summed E-state index contributed by atoms with van der Waals surface area (Å²) in [5.74, 6) is 2.67. The minimum atomic E-state index is 0.549. The summed E-state index contributed by atoms with van der Waals surface area (Å²) in [6.07, 6.45) is 2.57. The van der Waals surface area contributed by atoms with Crippen molar-refractivity contribution in [3.8, 4) is 0 Å². The van der Waals surface area contributed by atoms with Crippen molar-refractivity contribution in [1.82, 2.24) is 9.97 Å². The highest BCUT2D eigenvalue weighted by molar-refractivity contribution is 7.09. The zero-order chi connectivity index (χ0) is 17.5. The molecule has 2 heterocycles. The number of nitrogen functional groups attached to an aromatic ring is 1. The third-order valence-electron chi connectivity index (χ3n) is 3.58. The molecule has 0 bridgehead atoms. The monoisotopic (exact) mass is 347 g/mol. The Morgan fingerprint density at radius 3 is 2.46 bits per heavy atom. The summed E-state index contributed by atoms with van der Waals surface area (Å²) in [5.41, 5.74) is 7.01. The SMILES string of the molecule is CC(C)CN(CC(C)C)c1ncnc(NCCc2cccs2)c1N. The first-order chi connectivity index (χ1) is 11.5. The first kappa shape index (κ1) is 18.5. The first-order valence-corrected chi connectivity index (χ1v) is 9.47. The number of hydrogen-bond acceptors (Lipinski definition) is 6. The van der Waals surface area contributed by atoms with Crippen molar-refractivity contribution >= 4 is 28.7 Å². The molecule has 0 atom stereocenters. The Labute approximate surface area is 149 Å². The zero-order valence-electron chi connectivity index (χ0n) is 15.1. The standard InChI is InChI=1S/C18H29N5S/c1-13(2)10-23(11-14(3)4)18-16(19)17(21-12-22-18)20-8-7-15-6-5-9-24-15/h5-6,9,12-14H,7-8,10-11,19H2,1-4H3,(H,20,21,22). The molecule has 0 aliphatic rings. The van der Waals surface area contributed by atoms with E-state index in [0.29, 0.717) is 17.5 Å². The second-order valence-corrected chi connectivity index (χ2v) is 7.94. The van der Waals surface area contributed by atoms with Gasteiger partial charge in [-0.3, -0.25) is 0 Å². The predicted octanol–water partition coefficient (Wildman–Crippen LogP) is 3.89. The Hall–Kier alpha value is -1.82. The molecule has 5 nitrogen and oxygen atoms in total. The van der Waals surface area contributed by atoms with E-state index in [9.17, 15) is 0 Å². The summed E-state index contributed by atoms with van der Waals surface area (Å²) >= 11 is 1.77. The minimum absolute atomic E-state index is 0.549. The Morgan fingerprint density at radius 1 is 1.17 bits per heavy atom. The van der Waals surface area contributed by atoms with E-state index in [1.165, 1.54) is 4.88 Å². The molecule has 0 saturated heterocycles. The van der Waals surface area contributed by atoms with Crippen LogP contribution in [0, 0.1) is 11.8 Å². The number of hydrogen-bond donors (Lipinski definition) is 2. The van der Waals surface area contributed by atoms with Gasteiger partial charge >= 0.3 is 0 Å². The van der Waals surface area contributed by atoms with Gasteiger partial charge in [-0.25, -0.2) is 9.97 Å². The highest BCUT2D eigenvalue weighted by Crippen LogP contribution is 2.27. The highest BCUT2D eigenvalue weighted by atomic mass is 32.1. The molecule has 132 valence electrons. The molecular formula is C18H29N5S. The summed E-state index contributed by atoms with van der Waals surface area (Å²) in [6.45, 7) is 11.5. The predicted molar refractivity (Wildman–Crippen MR) is 105 cm³/mol. The summed E-state index contributed by atoms with van der Waals surface area (Å²) in [4.78, 5) is 12.4. The number of nitrogens with two attached hydrogens (primary N) is 1. The quantitative estimate of drug-likeness (QED) is 0.720. The highest BCUT2D eigenvalue weighted by Gasteiger charge is 2.17. The fourth-order valence-corrected chi connectivity index (χ4v) is 3.38. The molecule has 2 aromatic heterocycles. The molecule has 0 aliphatic carbocycles. The van der Waals surface area contributed by atoms with Crippen LogP contribution in [0.3, 0.4) is 0 Å². The van der Waals surface area contributed by atoms with E-state index in [0.717, 1.165) is 37.7 Å². The van der Waals surface area contributed by atoms with Gasteiger partial charge in [-0.15, -0.1) is 11.3 Å². The lowest BCUT2D eigenvalue weighted by Crippen LogP contribution is -2.33. The molecule has 2 rings (SSSR count). The van der Waals surface area contributed by atoms with Crippen molar-refractivity contribution in [3.05, 3.63) is 28.7 Å². The van der Waals surface area contributed by atoms with E-state index in [1.807, 2.05) is 0 Å². The Bertz CT molecular complexity index is 600. The molecule has 2 aromatic rings. The summed E-state index contributed by atoms with van der Waals surface area (Å²) < 4.78 is 0. The molecule has 0 spiro atoms. The molecule has 0 fully saturated rings. The lowest BCUT2D eigenvalue weighted by molar-refractivity contribution is 0.549. The second-order valence-electron chi connectivity index (χ2n) is 6.91. The van der Waals surface area contributed by atoms with Crippen LogP contribution in [0.5, 0.6) is 0 Å². The maximum atomic E-state index is 6.37. The van der Waals surface area contributed by atoms with Gasteiger partial charge in [-0.1, -0.05) is 33.8 Å². The molecular weight excluding hydrogens is 318 g/mol. The third-order valence-corrected chi connectivity index (χ3v) is 4.51. The van der Waals surface area contributed by atoms with Gasteiger partial charge in [0, 0.05) is 24.5 Å². The number of aromatic nitrogens is 2. The number of nitrogens with one attached hydrogen (secondary N) is 1. The fraction of sp³-hybridized carbons (Fsp3) is 0.556. The molecule has 0 aromatic carbocycles. The fourth-order valence-electron chi connectivity index (χ4n) is 2.67. The van der Waals surface area contributed by atoms with Crippen molar-refractivity contribution in [1.29, 1.82) is 0 Å². The minimum Gasteiger partial charge on any atom is -0.393 e. The number of rotatable bonds is 9. The molecule has 3 N–H and O–H groups in total. The molecule has 0 unspecified atom stereocenters. The van der Waals surface area contributed by atoms with Crippen LogP contribution in [0.15, 0.2) is 23.8 Å². The van der Waals surface area contributed by atoms with Crippen LogP contribution in [-0.2, 0) is 6.42 Å². The average molecular weight is 348 g/mol. The Morgan fingerprint density at radius 2 is 1.88 bits per heavy atom.